The zero-order valence-corrected chi connectivity index (χ0v) is 16.4. The standard InChI is InChI=1S/C20H18N6O2S/c1-28-15-9-7-14(8-10-15)18(27)12-29-20-25-24-19(26(20)21)17-11-16(22-23-17)13-5-3-2-4-6-13/h2-11H,12,21H2,1H3,(H,22,23). The van der Waals surface area contributed by atoms with Crippen molar-refractivity contribution in [1.29, 1.82) is 0 Å². The molecule has 0 fully saturated rings. The zero-order chi connectivity index (χ0) is 20.2. The number of benzene rings is 2. The van der Waals surface area contributed by atoms with E-state index in [-0.39, 0.29) is 11.5 Å². The molecule has 0 aliphatic carbocycles. The minimum atomic E-state index is -0.0323. The van der Waals surface area contributed by atoms with Crippen LogP contribution in [0.5, 0.6) is 5.75 Å². The Morgan fingerprint density at radius 1 is 1.14 bits per heavy atom. The number of carbonyl (C=O) groups excluding carboxylic acids is 1. The lowest BCUT2D eigenvalue weighted by atomic mass is 10.1. The van der Waals surface area contributed by atoms with Crippen LogP contribution in [0.25, 0.3) is 22.8 Å². The van der Waals surface area contributed by atoms with Gasteiger partial charge in [0.25, 0.3) is 0 Å². The van der Waals surface area contributed by atoms with E-state index in [1.807, 2.05) is 36.4 Å². The van der Waals surface area contributed by atoms with Crippen molar-refractivity contribution in [2.45, 2.75) is 5.16 Å². The number of thioether (sulfide) groups is 1. The van der Waals surface area contributed by atoms with Crippen molar-refractivity contribution in [3.8, 4) is 28.5 Å². The molecule has 2 aromatic heterocycles. The predicted molar refractivity (Wildman–Crippen MR) is 111 cm³/mol. The van der Waals surface area contributed by atoms with Crippen LogP contribution in [-0.4, -0.2) is 43.7 Å². The molecule has 4 rings (SSSR count). The van der Waals surface area contributed by atoms with Crippen LogP contribution in [0.2, 0.25) is 0 Å². The Morgan fingerprint density at radius 3 is 2.62 bits per heavy atom. The molecular formula is C20H18N6O2S. The lowest BCUT2D eigenvalue weighted by Crippen LogP contribution is -2.13. The summed E-state index contributed by atoms with van der Waals surface area (Å²) in [6.07, 6.45) is 0. The number of H-pyrrole nitrogens is 1. The Morgan fingerprint density at radius 2 is 1.90 bits per heavy atom. The highest BCUT2D eigenvalue weighted by atomic mass is 32.2. The average molecular weight is 406 g/mol. The zero-order valence-electron chi connectivity index (χ0n) is 15.6. The van der Waals surface area contributed by atoms with Crippen molar-refractivity contribution >= 4 is 17.5 Å². The van der Waals surface area contributed by atoms with Crippen molar-refractivity contribution in [1.82, 2.24) is 25.1 Å². The van der Waals surface area contributed by atoms with Crippen LogP contribution >= 0.6 is 11.8 Å². The second-order valence-corrected chi connectivity index (χ2v) is 7.09. The minimum Gasteiger partial charge on any atom is -0.497 e. The highest BCUT2D eigenvalue weighted by Gasteiger charge is 2.16. The first-order chi connectivity index (χ1) is 14.2. The quantitative estimate of drug-likeness (QED) is 0.276. The van der Waals surface area contributed by atoms with E-state index < -0.39 is 0 Å². The summed E-state index contributed by atoms with van der Waals surface area (Å²) in [5.74, 6) is 7.45. The summed E-state index contributed by atoms with van der Waals surface area (Å²) in [7, 11) is 1.58. The first-order valence-electron chi connectivity index (χ1n) is 8.77. The number of ether oxygens (including phenoxy) is 1. The van der Waals surface area contributed by atoms with Gasteiger partial charge in [0.1, 0.15) is 11.4 Å². The maximum Gasteiger partial charge on any atom is 0.210 e. The molecule has 0 aliphatic rings. The van der Waals surface area contributed by atoms with Gasteiger partial charge in [-0.3, -0.25) is 9.89 Å². The number of rotatable bonds is 7. The molecule has 8 nitrogen and oxygen atoms in total. The maximum absolute atomic E-state index is 12.4. The van der Waals surface area contributed by atoms with E-state index in [4.69, 9.17) is 10.6 Å². The largest absolute Gasteiger partial charge is 0.497 e. The number of carbonyl (C=O) groups is 1. The molecule has 3 N–H and O–H groups in total. The van der Waals surface area contributed by atoms with Crippen molar-refractivity contribution in [3.63, 3.8) is 0 Å². The van der Waals surface area contributed by atoms with E-state index in [9.17, 15) is 4.79 Å². The molecule has 29 heavy (non-hydrogen) atoms. The number of nitrogens with zero attached hydrogens (tertiary/aromatic N) is 4. The van der Waals surface area contributed by atoms with Gasteiger partial charge in [0, 0.05) is 11.1 Å². The van der Waals surface area contributed by atoms with Gasteiger partial charge in [0.2, 0.25) is 11.0 Å². The number of methoxy groups -OCH3 is 1. The van der Waals surface area contributed by atoms with E-state index in [2.05, 4.69) is 20.4 Å². The summed E-state index contributed by atoms with van der Waals surface area (Å²) >= 11 is 1.23. The second-order valence-electron chi connectivity index (χ2n) is 6.15. The molecule has 9 heteroatoms. The molecule has 2 aromatic carbocycles. The van der Waals surface area contributed by atoms with Gasteiger partial charge >= 0.3 is 0 Å². The molecule has 0 amide bonds. The summed E-state index contributed by atoms with van der Waals surface area (Å²) in [6, 6.07) is 18.6. The van der Waals surface area contributed by atoms with Gasteiger partial charge in [0.15, 0.2) is 5.78 Å². The molecule has 0 bridgehead atoms. The summed E-state index contributed by atoms with van der Waals surface area (Å²) < 4.78 is 6.46. The molecule has 2 heterocycles. The molecule has 0 aliphatic heterocycles. The predicted octanol–water partition coefficient (Wildman–Crippen LogP) is 3.03. The van der Waals surface area contributed by atoms with Crippen LogP contribution in [0.4, 0.5) is 0 Å². The lowest BCUT2D eigenvalue weighted by Gasteiger charge is -2.03. The third-order valence-corrected chi connectivity index (χ3v) is 5.24. The van der Waals surface area contributed by atoms with Gasteiger partial charge < -0.3 is 10.6 Å². The van der Waals surface area contributed by atoms with Crippen LogP contribution in [0, 0.1) is 0 Å². The molecular weight excluding hydrogens is 388 g/mol. The van der Waals surface area contributed by atoms with Gasteiger partial charge in [-0.2, -0.15) is 5.10 Å². The smallest absolute Gasteiger partial charge is 0.210 e. The lowest BCUT2D eigenvalue weighted by molar-refractivity contribution is 0.102. The molecule has 0 atom stereocenters. The van der Waals surface area contributed by atoms with E-state index in [0.29, 0.717) is 28.0 Å². The van der Waals surface area contributed by atoms with E-state index >= 15 is 0 Å². The second kappa shape index (κ2) is 8.19. The first-order valence-corrected chi connectivity index (χ1v) is 9.76. The average Bonchev–Trinajstić information content (AvgIpc) is 3.39. The molecule has 0 spiro atoms. The molecule has 0 saturated carbocycles. The van der Waals surface area contributed by atoms with Gasteiger partial charge in [-0.25, -0.2) is 4.68 Å². The van der Waals surface area contributed by atoms with Crippen LogP contribution < -0.4 is 10.6 Å². The van der Waals surface area contributed by atoms with Gasteiger partial charge in [-0.1, -0.05) is 42.1 Å². The van der Waals surface area contributed by atoms with E-state index in [1.54, 1.807) is 31.4 Å². The van der Waals surface area contributed by atoms with Crippen molar-refractivity contribution in [2.75, 3.05) is 18.7 Å². The molecule has 0 unspecified atom stereocenters. The number of hydrogen-bond acceptors (Lipinski definition) is 7. The summed E-state index contributed by atoms with van der Waals surface area (Å²) in [4.78, 5) is 12.4. The minimum absolute atomic E-state index is 0.0323. The topological polar surface area (TPSA) is 112 Å². The number of aromatic nitrogens is 5. The molecule has 4 aromatic rings. The fourth-order valence-corrected chi connectivity index (χ4v) is 3.49. The van der Waals surface area contributed by atoms with E-state index in [1.165, 1.54) is 16.4 Å². The Kier molecular flexibility index (Phi) is 5.30. The van der Waals surface area contributed by atoms with Crippen LogP contribution in [-0.2, 0) is 0 Å². The molecule has 146 valence electrons. The van der Waals surface area contributed by atoms with Gasteiger partial charge in [-0.15, -0.1) is 10.2 Å². The normalized spacial score (nSPS) is 10.8. The number of nitrogen functional groups attached to an aromatic ring is 1. The Labute approximate surface area is 171 Å². The Bertz CT molecular complexity index is 1120. The van der Waals surface area contributed by atoms with Crippen molar-refractivity contribution in [2.24, 2.45) is 0 Å². The summed E-state index contributed by atoms with van der Waals surface area (Å²) in [6.45, 7) is 0. The molecule has 0 radical (unpaired) electrons. The third-order valence-electron chi connectivity index (χ3n) is 4.30. The van der Waals surface area contributed by atoms with Crippen molar-refractivity contribution < 1.29 is 9.53 Å². The van der Waals surface area contributed by atoms with Gasteiger partial charge in [-0.05, 0) is 30.3 Å². The molecule has 0 saturated heterocycles. The van der Waals surface area contributed by atoms with Crippen LogP contribution in [0.3, 0.4) is 0 Å². The highest BCUT2D eigenvalue weighted by Crippen LogP contribution is 2.25. The maximum atomic E-state index is 12.4. The third kappa shape index (κ3) is 3.99. The van der Waals surface area contributed by atoms with Crippen molar-refractivity contribution in [3.05, 3.63) is 66.2 Å². The fraction of sp³-hybridized carbons (Fsp3) is 0.100. The number of hydrogen-bond donors (Lipinski definition) is 2. The number of aromatic amines is 1. The summed E-state index contributed by atoms with van der Waals surface area (Å²) in [5, 5.41) is 15.9. The monoisotopic (exact) mass is 406 g/mol. The SMILES string of the molecule is COc1ccc(C(=O)CSc2nnc(-c3cc(-c4ccccc4)n[nH]3)n2N)cc1. The highest BCUT2D eigenvalue weighted by molar-refractivity contribution is 7.99. The number of nitrogens with one attached hydrogen (secondary N) is 1. The number of Topliss-reactive ketones (excluding diaryl/α,β-unsaturated/α-hetero) is 1. The fourth-order valence-electron chi connectivity index (χ4n) is 2.74. The van der Waals surface area contributed by atoms with Gasteiger partial charge in [0.05, 0.1) is 18.6 Å². The van der Waals surface area contributed by atoms with E-state index in [0.717, 1.165) is 11.3 Å². The summed E-state index contributed by atoms with van der Waals surface area (Å²) in [5.41, 5.74) is 3.01. The number of nitrogens with two attached hydrogens (primary N) is 1. The number of ketones is 1. The Balaban J connectivity index is 1.46. The Hall–Kier alpha value is -3.59. The first kappa shape index (κ1) is 18.8. The van der Waals surface area contributed by atoms with Crippen LogP contribution in [0.15, 0.2) is 65.8 Å². The van der Waals surface area contributed by atoms with Crippen LogP contribution in [0.1, 0.15) is 10.4 Å².